The van der Waals surface area contributed by atoms with Crippen LogP contribution in [0, 0.1) is 0 Å². The van der Waals surface area contributed by atoms with Crippen molar-refractivity contribution >= 4 is 52.3 Å². The minimum atomic E-state index is -1.39. The van der Waals surface area contributed by atoms with Crippen molar-refractivity contribution in [3.8, 4) is 0 Å². The van der Waals surface area contributed by atoms with Gasteiger partial charge in [0.15, 0.2) is 0 Å². The Kier molecular flexibility index (Phi) is 13.4. The van der Waals surface area contributed by atoms with Crippen LogP contribution in [0.3, 0.4) is 0 Å². The summed E-state index contributed by atoms with van der Waals surface area (Å²) in [7, 11) is 0. The summed E-state index contributed by atoms with van der Waals surface area (Å²) in [5.74, 6) is -3.74. The Labute approximate surface area is 236 Å². The number of amides is 4. The molecule has 0 spiro atoms. The summed E-state index contributed by atoms with van der Waals surface area (Å²) in [5, 5.41) is 17.8. The van der Waals surface area contributed by atoms with Crippen LogP contribution >= 0.6 is 11.8 Å². The third kappa shape index (κ3) is 10.2. The molecule has 0 aliphatic carbocycles. The number of primary amides is 1. The van der Waals surface area contributed by atoms with Gasteiger partial charge in [0.2, 0.25) is 23.6 Å². The number of aromatic nitrogens is 1. The van der Waals surface area contributed by atoms with E-state index >= 15 is 0 Å². The predicted octanol–water partition coefficient (Wildman–Crippen LogP) is -0.666. The van der Waals surface area contributed by atoms with Gasteiger partial charge in [0.25, 0.3) is 0 Å². The van der Waals surface area contributed by atoms with Gasteiger partial charge in [-0.05, 0) is 62.3 Å². The number of fused-ring (bicyclic) bond motifs is 1. The number of carbonyl (C=O) groups excluding carboxylic acids is 4. The van der Waals surface area contributed by atoms with E-state index < -0.39 is 60.2 Å². The molecule has 4 amide bonds. The molecule has 14 heteroatoms. The molecule has 0 fully saturated rings. The molecule has 2 rings (SSSR count). The van der Waals surface area contributed by atoms with Crippen molar-refractivity contribution in [1.82, 2.24) is 20.9 Å². The molecule has 0 aliphatic heterocycles. The van der Waals surface area contributed by atoms with Crippen LogP contribution in [0.1, 0.15) is 37.7 Å². The lowest BCUT2D eigenvalue weighted by Crippen LogP contribution is -2.58. The molecule has 0 saturated heterocycles. The molecule has 13 nitrogen and oxygen atoms in total. The monoisotopic (exact) mass is 577 g/mol. The average molecular weight is 578 g/mol. The maximum Gasteiger partial charge on any atom is 0.326 e. The van der Waals surface area contributed by atoms with Gasteiger partial charge < -0.3 is 43.2 Å². The first-order valence-corrected chi connectivity index (χ1v) is 14.4. The molecule has 0 bridgehead atoms. The van der Waals surface area contributed by atoms with Crippen LogP contribution in [0.25, 0.3) is 10.9 Å². The Balaban J connectivity index is 2.12. The minimum absolute atomic E-state index is 0.164. The molecule has 1 aromatic carbocycles. The van der Waals surface area contributed by atoms with E-state index in [4.69, 9.17) is 17.2 Å². The van der Waals surface area contributed by atoms with Crippen molar-refractivity contribution in [2.24, 2.45) is 17.2 Å². The van der Waals surface area contributed by atoms with Gasteiger partial charge >= 0.3 is 5.97 Å². The summed E-state index contributed by atoms with van der Waals surface area (Å²) in [4.78, 5) is 65.5. The number of unbranched alkanes of at least 4 members (excludes halogenated alkanes) is 1. The first-order valence-electron chi connectivity index (χ1n) is 13.0. The number of carboxylic acid groups (broad SMARTS) is 1. The number of thioether (sulfide) groups is 1. The number of nitrogens with two attached hydrogens (primary N) is 3. The molecule has 40 heavy (non-hydrogen) atoms. The highest BCUT2D eigenvalue weighted by Crippen LogP contribution is 2.19. The van der Waals surface area contributed by atoms with Crippen LogP contribution in [-0.4, -0.2) is 82.4 Å². The summed E-state index contributed by atoms with van der Waals surface area (Å²) >= 11 is 1.43. The van der Waals surface area contributed by atoms with Gasteiger partial charge in [0, 0.05) is 17.1 Å². The predicted molar refractivity (Wildman–Crippen MR) is 153 cm³/mol. The molecule has 0 aliphatic rings. The average Bonchev–Trinajstić information content (AvgIpc) is 3.32. The van der Waals surface area contributed by atoms with Crippen molar-refractivity contribution in [2.75, 3.05) is 18.6 Å². The van der Waals surface area contributed by atoms with Crippen molar-refractivity contribution in [1.29, 1.82) is 0 Å². The fourth-order valence-electron chi connectivity index (χ4n) is 4.12. The summed E-state index contributed by atoms with van der Waals surface area (Å²) in [6.45, 7) is 0.364. The SMILES string of the molecule is CSCCC(NC(=O)C(CCCCN)NC(=O)C(CC(N)=O)NC(=O)C(N)Cc1c[nH]c2ccccc12)C(=O)O. The molecule has 0 saturated carbocycles. The number of aliphatic carboxylic acids is 1. The van der Waals surface area contributed by atoms with Crippen LogP contribution in [0.5, 0.6) is 0 Å². The van der Waals surface area contributed by atoms with Gasteiger partial charge in [-0.25, -0.2) is 4.79 Å². The molecule has 1 heterocycles. The maximum atomic E-state index is 13.2. The normalized spacial score (nSPS) is 14.1. The first kappa shape index (κ1) is 32.6. The largest absolute Gasteiger partial charge is 0.480 e. The van der Waals surface area contributed by atoms with E-state index in [0.29, 0.717) is 25.1 Å². The van der Waals surface area contributed by atoms with E-state index in [9.17, 15) is 29.1 Å². The Hall–Kier alpha value is -3.62. The quantitative estimate of drug-likeness (QED) is 0.105. The number of aromatic amines is 1. The van der Waals surface area contributed by atoms with E-state index in [-0.39, 0.29) is 19.3 Å². The number of hydrogen-bond acceptors (Lipinski definition) is 8. The number of rotatable bonds is 18. The number of nitrogens with one attached hydrogen (secondary N) is 4. The zero-order valence-electron chi connectivity index (χ0n) is 22.5. The molecule has 4 unspecified atom stereocenters. The van der Waals surface area contributed by atoms with Crippen LogP contribution in [0.4, 0.5) is 0 Å². The minimum Gasteiger partial charge on any atom is -0.480 e. The molecular formula is C26H39N7O6S. The van der Waals surface area contributed by atoms with E-state index in [1.165, 1.54) is 11.8 Å². The molecule has 2 aromatic rings. The highest BCUT2D eigenvalue weighted by Gasteiger charge is 2.31. The van der Waals surface area contributed by atoms with Crippen LogP contribution in [0.15, 0.2) is 30.5 Å². The number of carbonyl (C=O) groups is 5. The topological polar surface area (TPSA) is 236 Å². The summed E-state index contributed by atoms with van der Waals surface area (Å²) in [5.41, 5.74) is 18.7. The number of para-hydroxylation sites is 1. The van der Waals surface area contributed by atoms with E-state index in [2.05, 4.69) is 20.9 Å². The summed E-state index contributed by atoms with van der Waals surface area (Å²) in [6, 6.07) is 2.81. The Morgan fingerprint density at radius 1 is 0.950 bits per heavy atom. The first-order chi connectivity index (χ1) is 19.1. The van der Waals surface area contributed by atoms with Crippen molar-refractivity contribution in [3.05, 3.63) is 36.0 Å². The zero-order chi connectivity index (χ0) is 29.7. The van der Waals surface area contributed by atoms with Crippen molar-refractivity contribution < 1.29 is 29.1 Å². The Morgan fingerprint density at radius 3 is 2.25 bits per heavy atom. The molecule has 4 atom stereocenters. The number of H-pyrrole nitrogens is 1. The summed E-state index contributed by atoms with van der Waals surface area (Å²) in [6.07, 6.45) is 4.60. The highest BCUT2D eigenvalue weighted by atomic mass is 32.2. The maximum absolute atomic E-state index is 13.2. The Morgan fingerprint density at radius 2 is 1.60 bits per heavy atom. The third-order valence-electron chi connectivity index (χ3n) is 6.29. The second-order valence-corrected chi connectivity index (χ2v) is 10.4. The zero-order valence-corrected chi connectivity index (χ0v) is 23.3. The standard InChI is InChI=1S/C26H39N7O6S/c1-40-11-9-20(26(38)39)32-24(36)19(8-4-5-10-27)31-25(37)21(13-22(29)34)33-23(35)17(28)12-15-14-30-18-7-3-2-6-16(15)18/h2-3,6-7,14,17,19-21,30H,4-5,8-13,27-28H2,1H3,(H2,29,34)(H,31,37)(H,32,36)(H,33,35)(H,38,39). The molecule has 220 valence electrons. The van der Waals surface area contributed by atoms with Gasteiger partial charge in [0.1, 0.15) is 18.1 Å². The highest BCUT2D eigenvalue weighted by molar-refractivity contribution is 7.98. The van der Waals surface area contributed by atoms with Gasteiger partial charge in [-0.3, -0.25) is 19.2 Å². The van der Waals surface area contributed by atoms with Gasteiger partial charge in [-0.15, -0.1) is 0 Å². The number of carboxylic acids is 1. The molecule has 0 radical (unpaired) electrons. The lowest BCUT2D eigenvalue weighted by molar-refractivity contribution is -0.142. The van der Waals surface area contributed by atoms with Crippen molar-refractivity contribution in [3.63, 3.8) is 0 Å². The molecule has 11 N–H and O–H groups in total. The van der Waals surface area contributed by atoms with Crippen LogP contribution in [-0.2, 0) is 30.4 Å². The Bertz CT molecular complexity index is 1170. The molecule has 1 aromatic heterocycles. The fourth-order valence-corrected chi connectivity index (χ4v) is 4.59. The van der Waals surface area contributed by atoms with E-state index in [1.54, 1.807) is 6.20 Å². The fraction of sp³-hybridized carbons (Fsp3) is 0.500. The lowest BCUT2D eigenvalue weighted by atomic mass is 10.0. The lowest BCUT2D eigenvalue weighted by Gasteiger charge is -2.25. The van der Waals surface area contributed by atoms with Crippen molar-refractivity contribution in [2.45, 2.75) is 62.7 Å². The number of benzene rings is 1. The van der Waals surface area contributed by atoms with Gasteiger partial charge in [-0.1, -0.05) is 18.2 Å². The second-order valence-electron chi connectivity index (χ2n) is 9.43. The van der Waals surface area contributed by atoms with Crippen LogP contribution < -0.4 is 33.2 Å². The third-order valence-corrected chi connectivity index (χ3v) is 6.94. The van der Waals surface area contributed by atoms with Crippen LogP contribution in [0.2, 0.25) is 0 Å². The van der Waals surface area contributed by atoms with E-state index in [0.717, 1.165) is 16.5 Å². The second kappa shape index (κ2) is 16.5. The smallest absolute Gasteiger partial charge is 0.326 e. The van der Waals surface area contributed by atoms with Gasteiger partial charge in [0.05, 0.1) is 12.5 Å². The number of hydrogen-bond donors (Lipinski definition) is 8. The van der Waals surface area contributed by atoms with Gasteiger partial charge in [-0.2, -0.15) is 11.8 Å². The van der Waals surface area contributed by atoms with E-state index in [1.807, 2.05) is 30.5 Å². The summed E-state index contributed by atoms with van der Waals surface area (Å²) < 4.78 is 0. The molecular weight excluding hydrogens is 538 g/mol.